The van der Waals surface area contributed by atoms with E-state index in [2.05, 4.69) is 51.2 Å². The van der Waals surface area contributed by atoms with Crippen molar-refractivity contribution in [3.63, 3.8) is 0 Å². The molecule has 4 aliphatic heterocycles. The lowest BCUT2D eigenvalue weighted by Gasteiger charge is -2.13. The molecule has 0 amide bonds. The number of carboxylic acid groups (broad SMARTS) is 1. The van der Waals surface area contributed by atoms with E-state index in [1.807, 2.05) is 62.4 Å². The van der Waals surface area contributed by atoms with Crippen molar-refractivity contribution >= 4 is 58.0 Å². The van der Waals surface area contributed by atoms with E-state index in [0.717, 1.165) is 74.0 Å². The standard InChI is InChI=1S/C25H28ClN5O4.C25H29N5O5/c1-2-33-25-30-23-27-16-17-7-10-19(11-8-17)34-13-5-3-4-6-14-35-21-15-18(28-24(29-23)31-25)9-12-20(21)22(26)32;1-2-33-25-29-23-26-16-17-7-10-19(11-8-17)34-13-5-3-4-6-14-35-21-15-18(27-24(28-23)30-25)9-12-20(21)22(31)32/h7-12,15H,2-6,13-14,16H2,1H3,(H2,27,28,29,30,31);7-12,15H,2-6,13-14,16H2,1H3,(H,31,32)(H2,26,27,28,29,30). The molecule has 0 fully saturated rings. The van der Waals surface area contributed by atoms with Crippen LogP contribution in [0.25, 0.3) is 0 Å². The Labute approximate surface area is 411 Å². The van der Waals surface area contributed by atoms with Crippen molar-refractivity contribution in [1.29, 1.82) is 0 Å². The number of hydrogen-bond donors (Lipinski definition) is 5. The highest BCUT2D eigenvalue weighted by Gasteiger charge is 2.16. The number of carbonyl (C=O) groups is 2. The van der Waals surface area contributed by atoms with E-state index >= 15 is 0 Å². The number of nitrogens with one attached hydrogen (secondary N) is 4. The summed E-state index contributed by atoms with van der Waals surface area (Å²) in [6.45, 7) is 7.71. The molecule has 12 bridgehead atoms. The second-order valence-corrected chi connectivity index (χ2v) is 16.2. The number of benzene rings is 4. The molecule has 4 aromatic carbocycles. The summed E-state index contributed by atoms with van der Waals surface area (Å²) < 4.78 is 34.4. The van der Waals surface area contributed by atoms with Crippen LogP contribution >= 0.6 is 11.6 Å². The first kappa shape index (κ1) is 50.2. The minimum atomic E-state index is -1.05. The van der Waals surface area contributed by atoms with E-state index in [1.54, 1.807) is 30.3 Å². The fraction of sp³-hybridized carbons (Fsp3) is 0.360. The Morgan fingerprint density at radius 2 is 0.929 bits per heavy atom. The van der Waals surface area contributed by atoms with Gasteiger partial charge in [-0.2, -0.15) is 29.9 Å². The molecule has 0 aliphatic carbocycles. The van der Waals surface area contributed by atoms with Crippen molar-refractivity contribution in [2.24, 2.45) is 0 Å². The molecule has 0 saturated heterocycles. The predicted molar refractivity (Wildman–Crippen MR) is 265 cm³/mol. The van der Waals surface area contributed by atoms with Crippen molar-refractivity contribution in [2.75, 3.05) is 60.9 Å². The van der Waals surface area contributed by atoms with Crippen LogP contribution < -0.4 is 49.7 Å². The normalized spacial score (nSPS) is 14.3. The first-order valence-corrected chi connectivity index (χ1v) is 23.8. The van der Waals surface area contributed by atoms with Crippen molar-refractivity contribution in [2.45, 2.75) is 78.3 Å². The van der Waals surface area contributed by atoms with Gasteiger partial charge < -0.3 is 54.8 Å². The van der Waals surface area contributed by atoms with Gasteiger partial charge in [0.15, 0.2) is 0 Å². The van der Waals surface area contributed by atoms with Gasteiger partial charge in [0.05, 0.1) is 45.2 Å². The molecule has 5 N–H and O–H groups in total. The van der Waals surface area contributed by atoms with Crippen LogP contribution in [-0.4, -0.2) is 85.9 Å². The minimum absolute atomic E-state index is 0.0971. The Kier molecular flexibility index (Phi) is 18.8. The smallest absolute Gasteiger partial charge is 0.339 e. The number of anilines is 6. The molecule has 2 aromatic heterocycles. The van der Waals surface area contributed by atoms with Crippen LogP contribution in [-0.2, 0) is 13.1 Å². The molecule has 19 nitrogen and oxygen atoms in total. The molecule has 6 aromatic rings. The maximum atomic E-state index is 11.9. The molecule has 0 atom stereocenters. The third-order valence-corrected chi connectivity index (χ3v) is 10.8. The highest BCUT2D eigenvalue weighted by molar-refractivity contribution is 6.68. The molecule has 70 heavy (non-hydrogen) atoms. The topological polar surface area (TPSA) is 235 Å². The van der Waals surface area contributed by atoms with E-state index in [4.69, 9.17) is 40.0 Å². The number of nitrogens with zero attached hydrogens (tertiary/aromatic N) is 6. The highest BCUT2D eigenvalue weighted by Crippen LogP contribution is 2.29. The fourth-order valence-corrected chi connectivity index (χ4v) is 7.19. The summed E-state index contributed by atoms with van der Waals surface area (Å²) in [5, 5.41) is 21.6. The zero-order valence-corrected chi connectivity index (χ0v) is 39.9. The Morgan fingerprint density at radius 1 is 0.529 bits per heavy atom. The number of halogens is 1. The summed E-state index contributed by atoms with van der Waals surface area (Å²) in [7, 11) is 0. The van der Waals surface area contributed by atoms with Crippen LogP contribution in [0.15, 0.2) is 84.9 Å². The zero-order valence-electron chi connectivity index (χ0n) is 39.2. The summed E-state index contributed by atoms with van der Waals surface area (Å²) in [4.78, 5) is 49.7. The predicted octanol–water partition coefficient (Wildman–Crippen LogP) is 9.99. The van der Waals surface area contributed by atoms with E-state index in [0.29, 0.717) is 87.3 Å². The van der Waals surface area contributed by atoms with Gasteiger partial charge >= 0.3 is 18.0 Å². The second-order valence-electron chi connectivity index (χ2n) is 15.9. The van der Waals surface area contributed by atoms with Crippen LogP contribution in [0.2, 0.25) is 0 Å². The van der Waals surface area contributed by atoms with Gasteiger partial charge in [0.2, 0.25) is 23.8 Å². The Hall–Kier alpha value is -7.67. The number of ether oxygens (including phenoxy) is 6. The molecule has 0 unspecified atom stereocenters. The molecular formula is C50H57ClN10O9. The van der Waals surface area contributed by atoms with Gasteiger partial charge in [-0.3, -0.25) is 4.79 Å². The molecule has 20 heteroatoms. The summed E-state index contributed by atoms with van der Waals surface area (Å²) in [6, 6.07) is 26.0. The lowest BCUT2D eigenvalue weighted by molar-refractivity contribution is 0.0692. The van der Waals surface area contributed by atoms with Gasteiger partial charge in [-0.1, -0.05) is 24.3 Å². The van der Waals surface area contributed by atoms with E-state index in [-0.39, 0.29) is 35.2 Å². The lowest BCUT2D eigenvalue weighted by atomic mass is 10.1. The van der Waals surface area contributed by atoms with Crippen molar-refractivity contribution in [3.05, 3.63) is 107 Å². The molecule has 368 valence electrons. The molecule has 0 saturated carbocycles. The van der Waals surface area contributed by atoms with Crippen molar-refractivity contribution in [3.8, 4) is 35.0 Å². The summed E-state index contributed by atoms with van der Waals surface area (Å²) in [5.74, 6) is 2.56. The highest BCUT2D eigenvalue weighted by atomic mass is 35.5. The molecule has 10 rings (SSSR count). The van der Waals surface area contributed by atoms with Gasteiger partial charge in [-0.05, 0) is 136 Å². The maximum absolute atomic E-state index is 11.9. The zero-order chi connectivity index (χ0) is 48.9. The largest absolute Gasteiger partial charge is 0.494 e. The van der Waals surface area contributed by atoms with Crippen molar-refractivity contribution < 1.29 is 43.1 Å². The first-order chi connectivity index (χ1) is 34.2. The fourth-order valence-electron chi connectivity index (χ4n) is 7.04. The Bertz CT molecular complexity index is 2460. The van der Waals surface area contributed by atoms with Gasteiger partial charge in [0, 0.05) is 36.6 Å². The van der Waals surface area contributed by atoms with Gasteiger partial charge in [-0.25, -0.2) is 4.79 Å². The number of hydrogen-bond acceptors (Lipinski definition) is 18. The lowest BCUT2D eigenvalue weighted by Crippen LogP contribution is -2.10. The number of aromatic nitrogens is 6. The third-order valence-electron chi connectivity index (χ3n) is 10.6. The number of carboxylic acids is 1. The summed E-state index contributed by atoms with van der Waals surface area (Å²) >= 11 is 5.77. The monoisotopic (exact) mass is 976 g/mol. The van der Waals surface area contributed by atoms with Gasteiger partial charge in [0.1, 0.15) is 28.6 Å². The number of fused-ring (bicyclic) bond motifs is 20. The SMILES string of the molecule is CCOc1nc2nc(n1)Nc1ccc(C(=O)Cl)c(c1)OCCCCCCOc1ccc(cc1)CN2.CCOc1nc2nc(n1)Nc1ccc(C(=O)O)c(c1)OCCCCCCOc1ccc(cc1)CN2. The number of rotatable bonds is 6. The maximum Gasteiger partial charge on any atom is 0.339 e. The van der Waals surface area contributed by atoms with Crippen LogP contribution in [0.5, 0.6) is 35.0 Å². The molecular weight excluding hydrogens is 920 g/mol. The van der Waals surface area contributed by atoms with E-state index < -0.39 is 11.2 Å². The Balaban J connectivity index is 0.000000206. The van der Waals surface area contributed by atoms with E-state index in [9.17, 15) is 14.7 Å². The summed E-state index contributed by atoms with van der Waals surface area (Å²) in [6.07, 6.45) is 7.53. The molecule has 0 spiro atoms. The molecule has 0 radical (unpaired) electrons. The minimum Gasteiger partial charge on any atom is -0.494 e. The quantitative estimate of drug-likeness (QED) is 0.0976. The second kappa shape index (κ2) is 26.2. The number of carbonyl (C=O) groups excluding carboxylic acids is 1. The third kappa shape index (κ3) is 15.7. The van der Waals surface area contributed by atoms with Gasteiger partial charge in [-0.15, -0.1) is 0 Å². The van der Waals surface area contributed by atoms with E-state index in [1.165, 1.54) is 6.07 Å². The number of aromatic carboxylic acids is 1. The van der Waals surface area contributed by atoms with Crippen LogP contribution in [0, 0.1) is 0 Å². The van der Waals surface area contributed by atoms with Crippen LogP contribution in [0.4, 0.5) is 35.2 Å². The molecule has 4 aliphatic rings. The van der Waals surface area contributed by atoms with Gasteiger partial charge in [0.25, 0.3) is 5.24 Å². The van der Waals surface area contributed by atoms with Crippen LogP contribution in [0.3, 0.4) is 0 Å². The molecule has 6 heterocycles. The average Bonchev–Trinajstić information content (AvgIpc) is 3.35. The average molecular weight is 978 g/mol. The van der Waals surface area contributed by atoms with Crippen molar-refractivity contribution in [1.82, 2.24) is 29.9 Å². The Morgan fingerprint density at radius 3 is 1.34 bits per heavy atom. The summed E-state index contributed by atoms with van der Waals surface area (Å²) in [5.41, 5.74) is 3.73. The first-order valence-electron chi connectivity index (χ1n) is 23.4. The van der Waals surface area contributed by atoms with Crippen LogP contribution in [0.1, 0.15) is 97.1 Å².